The van der Waals surface area contributed by atoms with E-state index in [2.05, 4.69) is 12.2 Å². The molecule has 0 aliphatic rings. The molecule has 3 heteroatoms. The van der Waals surface area contributed by atoms with Gasteiger partial charge >= 0.3 is 5.97 Å². The maximum Gasteiger partial charge on any atom is 0.313 e. The smallest absolute Gasteiger partial charge is 0.313 e. The zero-order chi connectivity index (χ0) is 12.0. The standard InChI is InChI=1S/C13H19NO2/c1-4-9-14-11-5-7-12(8-6-11)16-13(15)10(2)3/h5-8,10,14H,4,9H2,1-3H3. The highest BCUT2D eigenvalue weighted by atomic mass is 16.5. The SMILES string of the molecule is CCCNc1ccc(OC(=O)C(C)C)cc1. The summed E-state index contributed by atoms with van der Waals surface area (Å²) in [5.74, 6) is 0.299. The van der Waals surface area contributed by atoms with Crippen LogP contribution in [0.3, 0.4) is 0 Å². The Hall–Kier alpha value is -1.51. The summed E-state index contributed by atoms with van der Waals surface area (Å²) in [6, 6.07) is 7.44. The first-order valence-corrected chi connectivity index (χ1v) is 5.69. The fraction of sp³-hybridized carbons (Fsp3) is 0.462. The molecule has 0 atom stereocenters. The van der Waals surface area contributed by atoms with Crippen LogP contribution in [-0.4, -0.2) is 12.5 Å². The predicted molar refractivity (Wildman–Crippen MR) is 65.7 cm³/mol. The predicted octanol–water partition coefficient (Wildman–Crippen LogP) is 3.07. The molecule has 1 aromatic rings. The molecular formula is C13H19NO2. The van der Waals surface area contributed by atoms with E-state index < -0.39 is 0 Å². The number of esters is 1. The van der Waals surface area contributed by atoms with Crippen LogP contribution in [0.1, 0.15) is 27.2 Å². The summed E-state index contributed by atoms with van der Waals surface area (Å²) < 4.78 is 5.17. The van der Waals surface area contributed by atoms with Crippen molar-refractivity contribution in [3.05, 3.63) is 24.3 Å². The zero-order valence-corrected chi connectivity index (χ0v) is 10.1. The molecule has 0 bridgehead atoms. The van der Waals surface area contributed by atoms with Crippen molar-refractivity contribution >= 4 is 11.7 Å². The van der Waals surface area contributed by atoms with E-state index >= 15 is 0 Å². The lowest BCUT2D eigenvalue weighted by molar-refractivity contribution is -0.137. The van der Waals surface area contributed by atoms with Crippen molar-refractivity contribution in [1.82, 2.24) is 0 Å². The Bertz CT molecular complexity index is 330. The van der Waals surface area contributed by atoms with Gasteiger partial charge in [0, 0.05) is 12.2 Å². The Morgan fingerprint density at radius 1 is 1.31 bits per heavy atom. The number of carbonyl (C=O) groups is 1. The Kier molecular flexibility index (Phi) is 4.83. The van der Waals surface area contributed by atoms with E-state index in [9.17, 15) is 4.79 Å². The molecule has 0 fully saturated rings. The monoisotopic (exact) mass is 221 g/mol. The molecule has 0 radical (unpaired) electrons. The number of hydrogen-bond acceptors (Lipinski definition) is 3. The van der Waals surface area contributed by atoms with Gasteiger partial charge in [-0.3, -0.25) is 4.79 Å². The van der Waals surface area contributed by atoms with Crippen LogP contribution in [0.5, 0.6) is 5.75 Å². The summed E-state index contributed by atoms with van der Waals surface area (Å²) in [5.41, 5.74) is 1.05. The van der Waals surface area contributed by atoms with E-state index in [1.165, 1.54) is 0 Å². The molecule has 1 aromatic carbocycles. The molecule has 0 amide bonds. The van der Waals surface area contributed by atoms with Crippen molar-refractivity contribution in [3.63, 3.8) is 0 Å². The van der Waals surface area contributed by atoms with Crippen LogP contribution in [0.4, 0.5) is 5.69 Å². The Morgan fingerprint density at radius 3 is 2.44 bits per heavy atom. The van der Waals surface area contributed by atoms with Crippen molar-refractivity contribution in [1.29, 1.82) is 0 Å². The summed E-state index contributed by atoms with van der Waals surface area (Å²) in [6.07, 6.45) is 1.09. The van der Waals surface area contributed by atoms with Gasteiger partial charge in [-0.2, -0.15) is 0 Å². The third kappa shape index (κ3) is 3.93. The highest BCUT2D eigenvalue weighted by Gasteiger charge is 2.09. The quantitative estimate of drug-likeness (QED) is 0.613. The number of ether oxygens (including phenoxy) is 1. The Labute approximate surface area is 96.8 Å². The minimum Gasteiger partial charge on any atom is -0.426 e. The van der Waals surface area contributed by atoms with Crippen LogP contribution in [0.15, 0.2) is 24.3 Å². The van der Waals surface area contributed by atoms with E-state index in [4.69, 9.17) is 4.74 Å². The van der Waals surface area contributed by atoms with E-state index in [0.717, 1.165) is 18.7 Å². The van der Waals surface area contributed by atoms with Crippen LogP contribution in [-0.2, 0) is 4.79 Å². The number of rotatable bonds is 5. The van der Waals surface area contributed by atoms with Crippen molar-refractivity contribution in [2.45, 2.75) is 27.2 Å². The second-order valence-corrected chi connectivity index (χ2v) is 4.03. The molecule has 0 unspecified atom stereocenters. The van der Waals surface area contributed by atoms with Crippen molar-refractivity contribution in [3.8, 4) is 5.75 Å². The molecule has 1 N–H and O–H groups in total. The van der Waals surface area contributed by atoms with Gasteiger partial charge in [0.25, 0.3) is 0 Å². The van der Waals surface area contributed by atoms with Crippen LogP contribution < -0.4 is 10.1 Å². The van der Waals surface area contributed by atoms with Crippen LogP contribution >= 0.6 is 0 Å². The van der Waals surface area contributed by atoms with E-state index in [0.29, 0.717) is 5.75 Å². The molecule has 0 aromatic heterocycles. The summed E-state index contributed by atoms with van der Waals surface area (Å²) in [4.78, 5) is 11.3. The van der Waals surface area contributed by atoms with Crippen molar-refractivity contribution in [2.24, 2.45) is 5.92 Å². The lowest BCUT2D eigenvalue weighted by atomic mass is 10.2. The van der Waals surface area contributed by atoms with Gasteiger partial charge in [-0.1, -0.05) is 20.8 Å². The molecule has 0 aliphatic carbocycles. The molecule has 0 saturated carbocycles. The lowest BCUT2D eigenvalue weighted by Gasteiger charge is -2.08. The first-order chi connectivity index (χ1) is 7.63. The van der Waals surface area contributed by atoms with Gasteiger partial charge in [0.2, 0.25) is 0 Å². The molecule has 88 valence electrons. The van der Waals surface area contributed by atoms with Gasteiger partial charge in [0.1, 0.15) is 5.75 Å². The number of nitrogens with one attached hydrogen (secondary N) is 1. The topological polar surface area (TPSA) is 38.3 Å². The first kappa shape index (κ1) is 12.6. The maximum atomic E-state index is 11.3. The normalized spacial score (nSPS) is 10.2. The minimum atomic E-state index is -0.200. The maximum absolute atomic E-state index is 11.3. The number of carbonyl (C=O) groups excluding carboxylic acids is 1. The van der Waals surface area contributed by atoms with Crippen LogP contribution in [0, 0.1) is 5.92 Å². The average molecular weight is 221 g/mol. The van der Waals surface area contributed by atoms with Gasteiger partial charge in [-0.05, 0) is 30.7 Å². The highest BCUT2D eigenvalue weighted by Crippen LogP contribution is 2.16. The van der Waals surface area contributed by atoms with Crippen molar-refractivity contribution in [2.75, 3.05) is 11.9 Å². The molecule has 1 rings (SSSR count). The molecule has 0 spiro atoms. The fourth-order valence-corrected chi connectivity index (χ4v) is 1.14. The van der Waals surface area contributed by atoms with Gasteiger partial charge in [0.05, 0.1) is 5.92 Å². The molecule has 16 heavy (non-hydrogen) atoms. The van der Waals surface area contributed by atoms with E-state index in [-0.39, 0.29) is 11.9 Å². The van der Waals surface area contributed by atoms with Crippen LogP contribution in [0.2, 0.25) is 0 Å². The lowest BCUT2D eigenvalue weighted by Crippen LogP contribution is -2.14. The summed E-state index contributed by atoms with van der Waals surface area (Å²) in [5, 5.41) is 3.26. The van der Waals surface area contributed by atoms with E-state index in [1.807, 2.05) is 26.0 Å². The third-order valence-electron chi connectivity index (χ3n) is 2.12. The second kappa shape index (κ2) is 6.16. The third-order valence-corrected chi connectivity index (χ3v) is 2.12. The average Bonchev–Trinajstić information content (AvgIpc) is 2.28. The van der Waals surface area contributed by atoms with Gasteiger partial charge in [0.15, 0.2) is 0 Å². The van der Waals surface area contributed by atoms with Crippen molar-refractivity contribution < 1.29 is 9.53 Å². The summed E-state index contributed by atoms with van der Waals surface area (Å²) in [7, 11) is 0. The largest absolute Gasteiger partial charge is 0.426 e. The molecule has 0 saturated heterocycles. The Morgan fingerprint density at radius 2 is 1.94 bits per heavy atom. The summed E-state index contributed by atoms with van der Waals surface area (Å²) in [6.45, 7) is 6.70. The molecular weight excluding hydrogens is 202 g/mol. The zero-order valence-electron chi connectivity index (χ0n) is 10.1. The molecule has 0 aliphatic heterocycles. The van der Waals surface area contributed by atoms with E-state index in [1.54, 1.807) is 12.1 Å². The number of anilines is 1. The number of benzene rings is 1. The van der Waals surface area contributed by atoms with Gasteiger partial charge in [-0.25, -0.2) is 0 Å². The number of hydrogen-bond donors (Lipinski definition) is 1. The molecule has 0 heterocycles. The van der Waals surface area contributed by atoms with Gasteiger partial charge < -0.3 is 10.1 Å². The minimum absolute atomic E-state index is 0.0992. The Balaban J connectivity index is 2.54. The van der Waals surface area contributed by atoms with Gasteiger partial charge in [-0.15, -0.1) is 0 Å². The first-order valence-electron chi connectivity index (χ1n) is 5.69. The second-order valence-electron chi connectivity index (χ2n) is 4.03. The summed E-state index contributed by atoms with van der Waals surface area (Å²) >= 11 is 0. The highest BCUT2D eigenvalue weighted by molar-refractivity contribution is 5.74. The fourth-order valence-electron chi connectivity index (χ4n) is 1.14. The van der Waals surface area contributed by atoms with Crippen LogP contribution in [0.25, 0.3) is 0 Å². The molecule has 3 nitrogen and oxygen atoms in total.